The Morgan fingerprint density at radius 1 is 1.14 bits per heavy atom. The number of aliphatic carboxylic acids is 1. The van der Waals surface area contributed by atoms with Gasteiger partial charge in [-0.1, -0.05) is 12.8 Å². The maximum atomic E-state index is 13.6. The molecular weight excluding hydrogens is 287 g/mol. The molecule has 1 aliphatic rings. The first-order chi connectivity index (χ1) is 9.83. The first-order valence-corrected chi connectivity index (χ1v) is 6.52. The van der Waals surface area contributed by atoms with E-state index in [0.29, 0.717) is 25.0 Å². The molecule has 1 aromatic rings. The molecule has 1 aliphatic carbocycles. The van der Waals surface area contributed by atoms with Crippen LogP contribution in [0.15, 0.2) is 12.1 Å². The molecule has 0 atom stereocenters. The van der Waals surface area contributed by atoms with Crippen LogP contribution in [-0.4, -0.2) is 22.5 Å². The molecule has 0 radical (unpaired) electrons. The van der Waals surface area contributed by atoms with Crippen LogP contribution in [0.2, 0.25) is 0 Å². The lowest BCUT2D eigenvalue weighted by Crippen LogP contribution is -2.48. The summed E-state index contributed by atoms with van der Waals surface area (Å²) in [5, 5.41) is 11.3. The highest BCUT2D eigenvalue weighted by Crippen LogP contribution is 2.33. The number of benzene rings is 1. The third kappa shape index (κ3) is 3.34. The van der Waals surface area contributed by atoms with Gasteiger partial charge in [-0.3, -0.25) is 9.59 Å². The maximum absolute atomic E-state index is 13.6. The van der Waals surface area contributed by atoms with Crippen LogP contribution in [-0.2, 0) is 4.79 Å². The molecule has 4 nitrogen and oxygen atoms in total. The largest absolute Gasteiger partial charge is 0.481 e. The number of carbonyl (C=O) groups excluding carboxylic acids is 1. The maximum Gasteiger partial charge on any atom is 0.305 e. The average molecular weight is 301 g/mol. The predicted octanol–water partition coefficient (Wildman–Crippen LogP) is 2.62. The van der Waals surface area contributed by atoms with Gasteiger partial charge in [-0.15, -0.1) is 0 Å². The van der Waals surface area contributed by atoms with E-state index in [9.17, 15) is 22.8 Å². The second-order valence-electron chi connectivity index (χ2n) is 5.26. The lowest BCUT2D eigenvalue weighted by molar-refractivity contribution is -0.138. The standard InChI is InChI=1S/C14H14F3NO3/c15-8-5-9(16)12(10(17)6-8)13(21)18-14(7-11(19)20)3-1-2-4-14/h5-6H,1-4,7H2,(H,18,21)(H,19,20). The van der Waals surface area contributed by atoms with Gasteiger partial charge < -0.3 is 10.4 Å². The molecular formula is C14H14F3NO3. The predicted molar refractivity (Wildman–Crippen MR) is 67.2 cm³/mol. The molecule has 0 unspecified atom stereocenters. The molecule has 0 aromatic heterocycles. The Labute approximate surface area is 119 Å². The highest BCUT2D eigenvalue weighted by atomic mass is 19.1. The Morgan fingerprint density at radius 2 is 1.67 bits per heavy atom. The summed E-state index contributed by atoms with van der Waals surface area (Å²) in [6.45, 7) is 0. The normalized spacial score (nSPS) is 16.7. The average Bonchev–Trinajstić information content (AvgIpc) is 2.74. The molecule has 0 spiro atoms. The number of carbonyl (C=O) groups is 2. The Hall–Kier alpha value is -2.05. The number of hydrogen-bond acceptors (Lipinski definition) is 2. The van der Waals surface area contributed by atoms with E-state index in [0.717, 1.165) is 12.8 Å². The van der Waals surface area contributed by atoms with Gasteiger partial charge in [0.1, 0.15) is 23.0 Å². The molecule has 0 saturated heterocycles. The van der Waals surface area contributed by atoms with Gasteiger partial charge in [0.05, 0.1) is 12.0 Å². The van der Waals surface area contributed by atoms with E-state index >= 15 is 0 Å². The van der Waals surface area contributed by atoms with Gasteiger partial charge in [-0.25, -0.2) is 13.2 Å². The van der Waals surface area contributed by atoms with Gasteiger partial charge in [-0.05, 0) is 12.8 Å². The van der Waals surface area contributed by atoms with Crippen molar-refractivity contribution in [2.45, 2.75) is 37.6 Å². The topological polar surface area (TPSA) is 66.4 Å². The van der Waals surface area contributed by atoms with Crippen molar-refractivity contribution >= 4 is 11.9 Å². The third-order valence-corrected chi connectivity index (χ3v) is 3.66. The zero-order valence-electron chi connectivity index (χ0n) is 11.1. The van der Waals surface area contributed by atoms with Gasteiger partial charge in [-0.2, -0.15) is 0 Å². The lowest BCUT2D eigenvalue weighted by atomic mass is 9.92. The van der Waals surface area contributed by atoms with Crippen LogP contribution in [0.4, 0.5) is 13.2 Å². The Morgan fingerprint density at radius 3 is 2.14 bits per heavy atom. The molecule has 0 aliphatic heterocycles. The minimum Gasteiger partial charge on any atom is -0.481 e. The number of nitrogens with one attached hydrogen (secondary N) is 1. The zero-order valence-corrected chi connectivity index (χ0v) is 11.1. The van der Waals surface area contributed by atoms with Crippen molar-refractivity contribution in [3.63, 3.8) is 0 Å². The Balaban J connectivity index is 2.26. The summed E-state index contributed by atoms with van der Waals surface area (Å²) in [4.78, 5) is 22.9. The van der Waals surface area contributed by atoms with E-state index in [1.54, 1.807) is 0 Å². The van der Waals surface area contributed by atoms with Crippen LogP contribution in [0.1, 0.15) is 42.5 Å². The fourth-order valence-electron chi connectivity index (χ4n) is 2.75. The first-order valence-electron chi connectivity index (χ1n) is 6.52. The van der Waals surface area contributed by atoms with Crippen molar-refractivity contribution < 1.29 is 27.9 Å². The van der Waals surface area contributed by atoms with Crippen LogP contribution in [0.5, 0.6) is 0 Å². The van der Waals surface area contributed by atoms with Gasteiger partial charge in [0.25, 0.3) is 5.91 Å². The summed E-state index contributed by atoms with van der Waals surface area (Å²) >= 11 is 0. The SMILES string of the molecule is O=C(O)CC1(NC(=O)c2c(F)cc(F)cc2F)CCCC1. The van der Waals surface area contributed by atoms with Crippen LogP contribution < -0.4 is 5.32 Å². The molecule has 114 valence electrons. The molecule has 1 aromatic carbocycles. The number of carboxylic acids is 1. The van der Waals surface area contributed by atoms with Crippen molar-refractivity contribution in [3.8, 4) is 0 Å². The summed E-state index contributed by atoms with van der Waals surface area (Å²) in [6, 6.07) is 0.826. The molecule has 0 bridgehead atoms. The second kappa shape index (κ2) is 5.75. The summed E-state index contributed by atoms with van der Waals surface area (Å²) in [5.74, 6) is -5.91. The van der Waals surface area contributed by atoms with E-state index in [-0.39, 0.29) is 6.42 Å². The summed E-state index contributed by atoms with van der Waals surface area (Å²) < 4.78 is 40.0. The van der Waals surface area contributed by atoms with E-state index in [1.807, 2.05) is 0 Å². The molecule has 1 fully saturated rings. The van der Waals surface area contributed by atoms with Gasteiger partial charge in [0.2, 0.25) is 0 Å². The second-order valence-corrected chi connectivity index (χ2v) is 5.26. The minimum absolute atomic E-state index is 0.316. The van der Waals surface area contributed by atoms with Crippen LogP contribution >= 0.6 is 0 Å². The van der Waals surface area contributed by atoms with Crippen LogP contribution in [0.3, 0.4) is 0 Å². The molecule has 2 N–H and O–H groups in total. The molecule has 1 saturated carbocycles. The van der Waals surface area contributed by atoms with E-state index in [4.69, 9.17) is 5.11 Å². The van der Waals surface area contributed by atoms with Gasteiger partial charge in [0, 0.05) is 12.1 Å². The van der Waals surface area contributed by atoms with Crippen molar-refractivity contribution in [3.05, 3.63) is 35.1 Å². The molecule has 21 heavy (non-hydrogen) atoms. The third-order valence-electron chi connectivity index (χ3n) is 3.66. The summed E-state index contributed by atoms with van der Waals surface area (Å²) in [5.41, 5.74) is -1.90. The highest BCUT2D eigenvalue weighted by molar-refractivity contribution is 5.95. The van der Waals surface area contributed by atoms with Gasteiger partial charge >= 0.3 is 5.97 Å². The molecule has 1 amide bonds. The fraction of sp³-hybridized carbons (Fsp3) is 0.429. The number of rotatable bonds is 4. The lowest BCUT2D eigenvalue weighted by Gasteiger charge is -2.28. The fourth-order valence-corrected chi connectivity index (χ4v) is 2.75. The van der Waals surface area contributed by atoms with E-state index in [2.05, 4.69) is 5.32 Å². The van der Waals surface area contributed by atoms with E-state index < -0.39 is 40.4 Å². The first kappa shape index (κ1) is 15.3. The number of carboxylic acid groups (broad SMARTS) is 1. The molecule has 0 heterocycles. The number of amides is 1. The van der Waals surface area contributed by atoms with Crippen LogP contribution in [0, 0.1) is 17.5 Å². The molecule has 2 rings (SSSR count). The highest BCUT2D eigenvalue weighted by Gasteiger charge is 2.38. The summed E-state index contributed by atoms with van der Waals surface area (Å²) in [6.07, 6.45) is 1.98. The Bertz CT molecular complexity index is 560. The zero-order chi connectivity index (χ0) is 15.6. The van der Waals surface area contributed by atoms with Crippen molar-refractivity contribution in [2.75, 3.05) is 0 Å². The Kier molecular flexibility index (Phi) is 4.20. The van der Waals surface area contributed by atoms with Crippen LogP contribution in [0.25, 0.3) is 0 Å². The number of hydrogen-bond donors (Lipinski definition) is 2. The number of halogens is 3. The molecule has 7 heteroatoms. The van der Waals surface area contributed by atoms with E-state index in [1.165, 1.54) is 0 Å². The minimum atomic E-state index is -1.31. The monoisotopic (exact) mass is 301 g/mol. The quantitative estimate of drug-likeness (QED) is 0.898. The summed E-state index contributed by atoms with van der Waals surface area (Å²) in [7, 11) is 0. The smallest absolute Gasteiger partial charge is 0.305 e. The van der Waals surface area contributed by atoms with Crippen molar-refractivity contribution in [1.82, 2.24) is 5.32 Å². The van der Waals surface area contributed by atoms with Gasteiger partial charge in [0.15, 0.2) is 0 Å². The van der Waals surface area contributed by atoms with Crippen molar-refractivity contribution in [2.24, 2.45) is 0 Å². The van der Waals surface area contributed by atoms with Crippen molar-refractivity contribution in [1.29, 1.82) is 0 Å².